The molecule has 0 saturated heterocycles. The quantitative estimate of drug-likeness (QED) is 0.467. The van der Waals surface area contributed by atoms with Crippen LogP contribution in [-0.4, -0.2) is 16.8 Å². The van der Waals surface area contributed by atoms with Crippen molar-refractivity contribution in [2.75, 3.05) is 5.75 Å². The Bertz CT molecular complexity index is 499. The van der Waals surface area contributed by atoms with Crippen LogP contribution in [0, 0.1) is 0 Å². The minimum absolute atomic E-state index is 0.222. The third-order valence-corrected chi connectivity index (χ3v) is 4.35. The van der Waals surface area contributed by atoms with Crippen molar-refractivity contribution in [2.45, 2.75) is 30.7 Å². The normalized spacial score (nSPS) is 12.3. The van der Waals surface area contributed by atoms with Gasteiger partial charge in [-0.25, -0.2) is 0 Å². The number of hydrogen-bond acceptors (Lipinski definition) is 4. The highest BCUT2D eigenvalue weighted by molar-refractivity contribution is 7.99. The fourth-order valence-electron chi connectivity index (χ4n) is 1.92. The summed E-state index contributed by atoms with van der Waals surface area (Å²) in [5, 5.41) is 0. The number of nitrogens with zero attached hydrogens (tertiary/aromatic N) is 1. The van der Waals surface area contributed by atoms with Crippen molar-refractivity contribution in [1.82, 2.24) is 10.4 Å². The van der Waals surface area contributed by atoms with E-state index in [4.69, 9.17) is 5.84 Å². The summed E-state index contributed by atoms with van der Waals surface area (Å²) in [5.74, 6) is 6.58. The molecule has 0 saturated carbocycles. The van der Waals surface area contributed by atoms with Gasteiger partial charge in [0.2, 0.25) is 0 Å². The molecule has 0 amide bonds. The van der Waals surface area contributed by atoms with Gasteiger partial charge in [-0.3, -0.25) is 16.3 Å². The number of rotatable bonds is 7. The molecule has 0 spiro atoms. The van der Waals surface area contributed by atoms with E-state index in [1.165, 1.54) is 10.5 Å². The molecule has 0 aliphatic carbocycles. The molecule has 1 aromatic heterocycles. The van der Waals surface area contributed by atoms with Crippen LogP contribution in [0.5, 0.6) is 0 Å². The van der Waals surface area contributed by atoms with Crippen LogP contribution in [0.2, 0.25) is 0 Å². The zero-order valence-electron chi connectivity index (χ0n) is 11.8. The van der Waals surface area contributed by atoms with Gasteiger partial charge in [-0.15, -0.1) is 11.8 Å². The van der Waals surface area contributed by atoms with Gasteiger partial charge >= 0.3 is 0 Å². The fraction of sp³-hybridized carbons (Fsp3) is 0.312. The molecule has 0 bridgehead atoms. The maximum Gasteiger partial charge on any atom is 0.0420 e. The number of thioether (sulfide) groups is 1. The van der Waals surface area contributed by atoms with Crippen molar-refractivity contribution in [1.29, 1.82) is 0 Å². The van der Waals surface area contributed by atoms with Gasteiger partial charge in [0.05, 0.1) is 0 Å². The fourth-order valence-corrected chi connectivity index (χ4v) is 2.87. The Morgan fingerprint density at radius 1 is 1.20 bits per heavy atom. The summed E-state index contributed by atoms with van der Waals surface area (Å²) in [6.45, 7) is 2.14. The molecule has 3 N–H and O–H groups in total. The number of nitrogens with one attached hydrogen (secondary N) is 1. The second-order valence-corrected chi connectivity index (χ2v) is 5.80. The van der Waals surface area contributed by atoms with Crippen LogP contribution in [-0.2, 0) is 12.8 Å². The molecule has 3 nitrogen and oxygen atoms in total. The lowest BCUT2D eigenvalue weighted by Gasteiger charge is -2.15. The van der Waals surface area contributed by atoms with Crippen LogP contribution >= 0.6 is 11.8 Å². The first-order valence-electron chi connectivity index (χ1n) is 6.89. The molecule has 1 atom stereocenters. The second kappa shape index (κ2) is 8.04. The molecule has 1 aromatic carbocycles. The highest BCUT2D eigenvalue weighted by atomic mass is 32.2. The Labute approximate surface area is 125 Å². The third kappa shape index (κ3) is 4.63. The Morgan fingerprint density at radius 3 is 2.60 bits per heavy atom. The zero-order valence-corrected chi connectivity index (χ0v) is 12.6. The van der Waals surface area contributed by atoms with E-state index in [9.17, 15) is 0 Å². The van der Waals surface area contributed by atoms with Gasteiger partial charge in [-0.1, -0.05) is 31.2 Å². The number of hydrazine groups is 1. The van der Waals surface area contributed by atoms with Crippen molar-refractivity contribution < 1.29 is 0 Å². The van der Waals surface area contributed by atoms with Crippen LogP contribution in [0.4, 0.5) is 0 Å². The van der Waals surface area contributed by atoms with Gasteiger partial charge in [0.15, 0.2) is 0 Å². The van der Waals surface area contributed by atoms with Crippen molar-refractivity contribution in [2.24, 2.45) is 5.84 Å². The van der Waals surface area contributed by atoms with E-state index in [2.05, 4.69) is 53.7 Å². The predicted octanol–water partition coefficient (Wildman–Crippen LogP) is 2.81. The molecule has 1 heterocycles. The highest BCUT2D eigenvalue weighted by Crippen LogP contribution is 2.18. The van der Waals surface area contributed by atoms with E-state index in [1.54, 1.807) is 0 Å². The number of benzene rings is 1. The van der Waals surface area contributed by atoms with Crippen LogP contribution in [0.3, 0.4) is 0 Å². The zero-order chi connectivity index (χ0) is 14.2. The topological polar surface area (TPSA) is 50.9 Å². The minimum atomic E-state index is 0.222. The SMILES string of the molecule is CCc1ccc(CC(CSc2ccccc2)NN)nc1. The first kappa shape index (κ1) is 15.0. The molecule has 4 heteroatoms. The minimum Gasteiger partial charge on any atom is -0.271 e. The lowest BCUT2D eigenvalue weighted by molar-refractivity contribution is 0.569. The Morgan fingerprint density at radius 2 is 2.00 bits per heavy atom. The van der Waals surface area contributed by atoms with Crippen molar-refractivity contribution >= 4 is 11.8 Å². The average molecular weight is 287 g/mol. The third-order valence-electron chi connectivity index (χ3n) is 3.18. The molecule has 1 unspecified atom stereocenters. The van der Waals surface area contributed by atoms with Gasteiger partial charge in [0, 0.05) is 35.0 Å². The van der Waals surface area contributed by atoms with E-state index in [0.717, 1.165) is 24.3 Å². The molecule has 2 rings (SSSR count). The van der Waals surface area contributed by atoms with Gasteiger partial charge in [-0.05, 0) is 30.2 Å². The standard InChI is InChI=1S/C16H21N3S/c1-2-13-8-9-14(18-11-13)10-15(19-17)12-20-16-6-4-3-5-7-16/h3-9,11,15,19H,2,10,12,17H2,1H3. The number of nitrogens with two attached hydrogens (primary N) is 1. The summed E-state index contributed by atoms with van der Waals surface area (Å²) in [6, 6.07) is 14.8. The molecule has 20 heavy (non-hydrogen) atoms. The van der Waals surface area contributed by atoms with Crippen molar-refractivity contribution in [3.8, 4) is 0 Å². The molecule has 2 aromatic rings. The predicted molar refractivity (Wildman–Crippen MR) is 85.6 cm³/mol. The monoisotopic (exact) mass is 287 g/mol. The second-order valence-electron chi connectivity index (χ2n) is 4.70. The van der Waals surface area contributed by atoms with E-state index < -0.39 is 0 Å². The van der Waals surface area contributed by atoms with E-state index in [0.29, 0.717) is 0 Å². The lowest BCUT2D eigenvalue weighted by Crippen LogP contribution is -2.38. The first-order chi connectivity index (χ1) is 9.81. The number of aromatic nitrogens is 1. The number of pyridine rings is 1. The number of aryl methyl sites for hydroxylation is 1. The van der Waals surface area contributed by atoms with Crippen molar-refractivity contribution in [3.63, 3.8) is 0 Å². The maximum atomic E-state index is 5.65. The van der Waals surface area contributed by atoms with E-state index in [-0.39, 0.29) is 6.04 Å². The van der Waals surface area contributed by atoms with Crippen LogP contribution < -0.4 is 11.3 Å². The van der Waals surface area contributed by atoms with Gasteiger partial charge < -0.3 is 0 Å². The lowest BCUT2D eigenvalue weighted by atomic mass is 10.1. The molecular weight excluding hydrogens is 266 g/mol. The van der Waals surface area contributed by atoms with Crippen LogP contribution in [0.15, 0.2) is 53.6 Å². The molecular formula is C16H21N3S. The summed E-state index contributed by atoms with van der Waals surface area (Å²) in [5.41, 5.74) is 5.24. The highest BCUT2D eigenvalue weighted by Gasteiger charge is 2.09. The largest absolute Gasteiger partial charge is 0.271 e. The van der Waals surface area contributed by atoms with Crippen LogP contribution in [0.25, 0.3) is 0 Å². The molecule has 106 valence electrons. The Kier molecular flexibility index (Phi) is 6.05. The molecule has 0 aliphatic rings. The Balaban J connectivity index is 1.88. The van der Waals surface area contributed by atoms with E-state index in [1.807, 2.05) is 24.0 Å². The summed E-state index contributed by atoms with van der Waals surface area (Å²) >= 11 is 1.81. The smallest absolute Gasteiger partial charge is 0.0420 e. The van der Waals surface area contributed by atoms with E-state index >= 15 is 0 Å². The van der Waals surface area contributed by atoms with Crippen LogP contribution in [0.1, 0.15) is 18.2 Å². The summed E-state index contributed by atoms with van der Waals surface area (Å²) in [6.07, 6.45) is 3.82. The van der Waals surface area contributed by atoms with Gasteiger partial charge in [-0.2, -0.15) is 0 Å². The molecule has 0 fully saturated rings. The molecule has 0 aliphatic heterocycles. The van der Waals surface area contributed by atoms with Crippen molar-refractivity contribution in [3.05, 3.63) is 59.9 Å². The Hall–Kier alpha value is -1.36. The average Bonchev–Trinajstić information content (AvgIpc) is 2.53. The number of hydrogen-bond donors (Lipinski definition) is 2. The van der Waals surface area contributed by atoms with Gasteiger partial charge in [0.1, 0.15) is 0 Å². The summed E-state index contributed by atoms with van der Waals surface area (Å²) < 4.78 is 0. The summed E-state index contributed by atoms with van der Waals surface area (Å²) in [7, 11) is 0. The first-order valence-corrected chi connectivity index (χ1v) is 7.88. The van der Waals surface area contributed by atoms with Gasteiger partial charge in [0.25, 0.3) is 0 Å². The molecule has 0 radical (unpaired) electrons. The summed E-state index contributed by atoms with van der Waals surface area (Å²) in [4.78, 5) is 5.75. The maximum absolute atomic E-state index is 5.65.